The number of benzene rings is 3. The molecule has 4 rings (SSSR count). The van der Waals surface area contributed by atoms with Crippen LogP contribution in [0, 0.1) is 10.1 Å². The Kier molecular flexibility index (Phi) is 7.38. The Morgan fingerprint density at radius 3 is 2.15 bits per heavy atom. The maximum absolute atomic E-state index is 11.2. The van der Waals surface area contributed by atoms with Crippen molar-refractivity contribution >= 4 is 5.69 Å². The molecule has 1 heterocycles. The van der Waals surface area contributed by atoms with Gasteiger partial charge >= 0.3 is 0 Å². The molecule has 0 atom stereocenters. The number of imidazole rings is 1. The van der Waals surface area contributed by atoms with Gasteiger partial charge in [-0.15, -0.1) is 0 Å². The molecular formula is C28H29N3O3. The lowest BCUT2D eigenvalue weighted by Gasteiger charge is -2.14. The minimum Gasteiger partial charge on any atom is -0.497 e. The van der Waals surface area contributed by atoms with Crippen LogP contribution in [0.2, 0.25) is 0 Å². The van der Waals surface area contributed by atoms with Crippen molar-refractivity contribution in [2.45, 2.75) is 39.2 Å². The number of rotatable bonds is 10. The zero-order valence-electron chi connectivity index (χ0n) is 19.6. The van der Waals surface area contributed by atoms with Gasteiger partial charge in [-0.05, 0) is 42.8 Å². The summed E-state index contributed by atoms with van der Waals surface area (Å²) in [6.45, 7) is 3.02. The van der Waals surface area contributed by atoms with Crippen LogP contribution in [0.5, 0.6) is 5.75 Å². The number of ether oxygens (including phenoxy) is 1. The summed E-state index contributed by atoms with van der Waals surface area (Å²) in [5.41, 5.74) is 4.95. The Hall–Kier alpha value is -3.93. The number of nitro groups is 1. The highest BCUT2D eigenvalue weighted by atomic mass is 16.6. The number of nitrogens with zero attached hydrogens (tertiary/aromatic N) is 3. The lowest BCUT2D eigenvalue weighted by atomic mass is 10.0. The minimum absolute atomic E-state index is 0.0727. The second kappa shape index (κ2) is 10.8. The number of nitro benzene ring substituents is 1. The molecule has 6 nitrogen and oxygen atoms in total. The molecule has 0 saturated heterocycles. The molecule has 0 amide bonds. The van der Waals surface area contributed by atoms with Crippen molar-refractivity contribution in [1.29, 1.82) is 0 Å². The summed E-state index contributed by atoms with van der Waals surface area (Å²) in [6.07, 6.45) is 4.52. The number of hydrogen-bond donors (Lipinski definition) is 0. The number of methoxy groups -OCH3 is 1. The van der Waals surface area contributed by atoms with E-state index in [4.69, 9.17) is 9.72 Å². The largest absolute Gasteiger partial charge is 0.497 e. The van der Waals surface area contributed by atoms with Gasteiger partial charge in [0.05, 0.1) is 23.4 Å². The normalized spacial score (nSPS) is 10.9. The first-order valence-electron chi connectivity index (χ1n) is 11.7. The van der Waals surface area contributed by atoms with Crippen LogP contribution in [0.15, 0.2) is 78.9 Å². The van der Waals surface area contributed by atoms with E-state index in [0.717, 1.165) is 59.0 Å². The van der Waals surface area contributed by atoms with Gasteiger partial charge in [0, 0.05) is 35.4 Å². The summed E-state index contributed by atoms with van der Waals surface area (Å²) >= 11 is 0. The monoisotopic (exact) mass is 455 g/mol. The molecule has 0 radical (unpaired) electrons. The lowest BCUT2D eigenvalue weighted by Crippen LogP contribution is -2.04. The van der Waals surface area contributed by atoms with Gasteiger partial charge in [-0.1, -0.05) is 56.5 Å². The van der Waals surface area contributed by atoms with E-state index < -0.39 is 0 Å². The number of aromatic nitrogens is 2. The highest BCUT2D eigenvalue weighted by molar-refractivity contribution is 5.82. The Bertz CT molecular complexity index is 1230. The third-order valence-corrected chi connectivity index (χ3v) is 5.95. The van der Waals surface area contributed by atoms with E-state index in [1.54, 1.807) is 31.4 Å². The third-order valence-electron chi connectivity index (χ3n) is 5.95. The van der Waals surface area contributed by atoms with Gasteiger partial charge in [0.1, 0.15) is 11.6 Å². The van der Waals surface area contributed by atoms with Crippen LogP contribution < -0.4 is 4.74 Å². The lowest BCUT2D eigenvalue weighted by molar-refractivity contribution is -0.384. The molecule has 6 heteroatoms. The van der Waals surface area contributed by atoms with Crippen molar-refractivity contribution in [3.63, 3.8) is 0 Å². The average molecular weight is 456 g/mol. The van der Waals surface area contributed by atoms with E-state index in [1.807, 2.05) is 30.3 Å². The first kappa shape index (κ1) is 23.2. The molecule has 0 spiro atoms. The van der Waals surface area contributed by atoms with E-state index in [0.29, 0.717) is 0 Å². The Morgan fingerprint density at radius 1 is 0.853 bits per heavy atom. The number of non-ortho nitro benzene ring substituents is 1. The van der Waals surface area contributed by atoms with Gasteiger partial charge in [0.15, 0.2) is 0 Å². The van der Waals surface area contributed by atoms with E-state index in [-0.39, 0.29) is 10.6 Å². The van der Waals surface area contributed by atoms with Gasteiger partial charge in [-0.2, -0.15) is 0 Å². The van der Waals surface area contributed by atoms with Gasteiger partial charge in [-0.25, -0.2) is 4.98 Å². The first-order valence-corrected chi connectivity index (χ1v) is 11.7. The fourth-order valence-electron chi connectivity index (χ4n) is 4.16. The Morgan fingerprint density at radius 2 is 1.53 bits per heavy atom. The molecule has 0 bridgehead atoms. The maximum Gasteiger partial charge on any atom is 0.269 e. The molecular weight excluding hydrogens is 426 g/mol. The van der Waals surface area contributed by atoms with Gasteiger partial charge < -0.3 is 9.30 Å². The fourth-order valence-corrected chi connectivity index (χ4v) is 4.16. The van der Waals surface area contributed by atoms with Crippen molar-refractivity contribution in [2.24, 2.45) is 0 Å². The number of hydrogen-bond acceptors (Lipinski definition) is 4. The highest BCUT2D eigenvalue weighted by Gasteiger charge is 2.21. The van der Waals surface area contributed by atoms with Crippen molar-refractivity contribution in [3.05, 3.63) is 89.0 Å². The highest BCUT2D eigenvalue weighted by Crippen LogP contribution is 2.37. The predicted molar refractivity (Wildman–Crippen MR) is 136 cm³/mol. The molecule has 34 heavy (non-hydrogen) atoms. The molecule has 3 aromatic carbocycles. The van der Waals surface area contributed by atoms with E-state index in [1.165, 1.54) is 12.8 Å². The predicted octanol–water partition coefficient (Wildman–Crippen LogP) is 7.38. The molecule has 0 aliphatic carbocycles. The van der Waals surface area contributed by atoms with Crippen molar-refractivity contribution < 1.29 is 9.66 Å². The van der Waals surface area contributed by atoms with Crippen molar-refractivity contribution in [2.75, 3.05) is 7.11 Å². The molecule has 1 aromatic heterocycles. The van der Waals surface area contributed by atoms with Crippen LogP contribution >= 0.6 is 0 Å². The zero-order valence-corrected chi connectivity index (χ0v) is 19.6. The smallest absolute Gasteiger partial charge is 0.269 e. The molecule has 174 valence electrons. The first-order chi connectivity index (χ1) is 16.6. The maximum atomic E-state index is 11.2. The second-order valence-corrected chi connectivity index (χ2v) is 8.24. The Balaban J connectivity index is 1.90. The standard InChI is InChI=1S/C28H29N3O3/c1-3-4-5-9-20-30-27(22-14-18-25(34-2)19-15-22)26(21-10-7-6-8-11-21)29-28(30)23-12-16-24(17-13-23)31(32)33/h6-8,10-19H,3-5,9,20H2,1-2H3. The SMILES string of the molecule is CCCCCCn1c(-c2ccc([N+](=O)[O-])cc2)nc(-c2ccccc2)c1-c1ccc(OC)cc1. The summed E-state index contributed by atoms with van der Waals surface area (Å²) in [5, 5.41) is 11.2. The van der Waals surface area contributed by atoms with Crippen LogP contribution in [0.25, 0.3) is 33.9 Å². The summed E-state index contributed by atoms with van der Waals surface area (Å²) < 4.78 is 7.63. The van der Waals surface area contributed by atoms with Crippen molar-refractivity contribution in [1.82, 2.24) is 9.55 Å². The van der Waals surface area contributed by atoms with E-state index in [9.17, 15) is 10.1 Å². The molecule has 0 N–H and O–H groups in total. The Labute approximate surface area is 200 Å². The average Bonchev–Trinajstić information content (AvgIpc) is 3.26. The summed E-state index contributed by atoms with van der Waals surface area (Å²) in [4.78, 5) is 15.9. The van der Waals surface area contributed by atoms with Crippen LogP contribution in [-0.2, 0) is 6.54 Å². The molecule has 0 aliphatic heterocycles. The number of unbranched alkanes of at least 4 members (excludes halogenated alkanes) is 3. The van der Waals surface area contributed by atoms with Crippen molar-refractivity contribution in [3.8, 4) is 39.7 Å². The van der Waals surface area contributed by atoms with Crippen LogP contribution in [0.1, 0.15) is 32.6 Å². The van der Waals surface area contributed by atoms with Crippen LogP contribution in [-0.4, -0.2) is 21.6 Å². The molecule has 0 fully saturated rings. The molecule has 4 aromatic rings. The quantitative estimate of drug-likeness (QED) is 0.142. The van der Waals surface area contributed by atoms with E-state index in [2.05, 4.69) is 35.8 Å². The topological polar surface area (TPSA) is 70.2 Å². The summed E-state index contributed by atoms with van der Waals surface area (Å²) in [6, 6.07) is 24.9. The van der Waals surface area contributed by atoms with Gasteiger partial charge in [-0.3, -0.25) is 10.1 Å². The second-order valence-electron chi connectivity index (χ2n) is 8.24. The minimum atomic E-state index is -0.376. The summed E-state index contributed by atoms with van der Waals surface area (Å²) in [7, 11) is 1.66. The molecule has 0 saturated carbocycles. The molecule has 0 aliphatic rings. The zero-order chi connectivity index (χ0) is 23.9. The third kappa shape index (κ3) is 5.01. The summed E-state index contributed by atoms with van der Waals surface area (Å²) in [5.74, 6) is 1.62. The molecule has 0 unspecified atom stereocenters. The van der Waals surface area contributed by atoms with Gasteiger partial charge in [0.2, 0.25) is 0 Å². The van der Waals surface area contributed by atoms with Gasteiger partial charge in [0.25, 0.3) is 5.69 Å². The van der Waals surface area contributed by atoms with Crippen LogP contribution in [0.4, 0.5) is 5.69 Å². The van der Waals surface area contributed by atoms with Crippen LogP contribution in [0.3, 0.4) is 0 Å². The van der Waals surface area contributed by atoms with E-state index >= 15 is 0 Å². The fraction of sp³-hybridized carbons (Fsp3) is 0.250.